The Morgan fingerprint density at radius 3 is 0.600 bits per heavy atom. The molecule has 0 fully saturated rings. The monoisotopic (exact) mass is 174 g/mol. The fraction of sp³-hybridized carbons (Fsp3) is 1.00. The van der Waals surface area contributed by atoms with E-state index in [9.17, 15) is 0 Å². The number of rotatable bonds is 0. The van der Waals surface area contributed by atoms with E-state index in [1.807, 2.05) is 13.8 Å². The van der Waals surface area contributed by atoms with E-state index < -0.39 is 0 Å². The minimum Gasteiger partial charge on any atom is -0.269 e. The lowest BCUT2D eigenvalue weighted by Gasteiger charge is -1.48. The molecular formula is C5H19F5. The van der Waals surface area contributed by atoms with Gasteiger partial charge in [-0.1, -0.05) is 34.1 Å². The highest BCUT2D eigenvalue weighted by Gasteiger charge is 1.35. The summed E-state index contributed by atoms with van der Waals surface area (Å²) in [5.41, 5.74) is 0. The van der Waals surface area contributed by atoms with Crippen LogP contribution in [0.3, 0.4) is 0 Å². The molecule has 0 saturated carbocycles. The van der Waals surface area contributed by atoms with Crippen molar-refractivity contribution in [3.05, 3.63) is 0 Å². The molecule has 0 bridgehead atoms. The molecular weight excluding hydrogens is 155 g/mol. The van der Waals surface area contributed by atoms with E-state index in [0.29, 0.717) is 0 Å². The smallest absolute Gasteiger partial charge is 0.0590 e. The Morgan fingerprint density at radius 2 is 0.600 bits per heavy atom. The molecule has 0 N–H and O–H groups in total. The summed E-state index contributed by atoms with van der Waals surface area (Å²) in [6.07, 6.45) is 1.25. The third-order valence-electron chi connectivity index (χ3n) is 0. The molecule has 0 aromatic heterocycles. The Bertz CT molecular complexity index is 10.0. The standard InChI is InChI=1S/C3H8.C2H6.5FH/c1-3-2;1-2;;;;;/h3H2,1-2H3;1-2H3;5*1H. The van der Waals surface area contributed by atoms with Gasteiger partial charge in [-0.15, -0.1) is 0 Å². The van der Waals surface area contributed by atoms with Crippen LogP contribution in [-0.2, 0) is 0 Å². The number of hydrogen-bond acceptors (Lipinski definition) is 0. The van der Waals surface area contributed by atoms with Gasteiger partial charge in [-0.3, -0.25) is 23.5 Å². The molecule has 0 aromatic carbocycles. The van der Waals surface area contributed by atoms with Gasteiger partial charge in [0.1, 0.15) is 0 Å². The Hall–Kier alpha value is -0.350. The topological polar surface area (TPSA) is 0 Å². The van der Waals surface area contributed by atoms with Gasteiger partial charge in [0.2, 0.25) is 0 Å². The molecule has 74 valence electrons. The van der Waals surface area contributed by atoms with E-state index in [1.165, 1.54) is 6.42 Å². The molecule has 5 heteroatoms. The Balaban J connectivity index is -0.00000000246. The van der Waals surface area contributed by atoms with Crippen LogP contribution in [0.2, 0.25) is 0 Å². The van der Waals surface area contributed by atoms with Crippen molar-refractivity contribution in [1.82, 2.24) is 0 Å². The maximum absolute atomic E-state index is 2.12. The molecule has 0 heterocycles. The van der Waals surface area contributed by atoms with Gasteiger partial charge in [-0.25, -0.2) is 0 Å². The summed E-state index contributed by atoms with van der Waals surface area (Å²) in [7, 11) is 0. The van der Waals surface area contributed by atoms with Gasteiger partial charge in [0.25, 0.3) is 0 Å². The normalized spacial score (nSPS) is 2.40. The van der Waals surface area contributed by atoms with Gasteiger partial charge in [0.05, 0.1) is 0 Å². The highest BCUT2D eigenvalue weighted by atomic mass is 19.0. The minimum atomic E-state index is 0. The third kappa shape index (κ3) is 2760. The first kappa shape index (κ1) is 103. The number of hydrogen-bond donors (Lipinski definition) is 0. The highest BCUT2D eigenvalue weighted by molar-refractivity contribution is 3.92. The summed E-state index contributed by atoms with van der Waals surface area (Å²) in [6, 6.07) is 0. The Kier molecular flexibility index (Phi) is 12300. The van der Waals surface area contributed by atoms with Gasteiger partial charge in [-0.2, -0.15) is 0 Å². The first-order valence-electron chi connectivity index (χ1n) is 2.41. The van der Waals surface area contributed by atoms with Gasteiger partial charge in [0, 0.05) is 0 Å². The molecule has 0 atom stereocenters. The van der Waals surface area contributed by atoms with Crippen molar-refractivity contribution in [3.63, 3.8) is 0 Å². The van der Waals surface area contributed by atoms with Crippen molar-refractivity contribution in [2.75, 3.05) is 0 Å². The first-order valence-corrected chi connectivity index (χ1v) is 2.41. The molecule has 0 rings (SSSR count). The molecule has 0 radical (unpaired) electrons. The van der Waals surface area contributed by atoms with Crippen LogP contribution in [0.15, 0.2) is 0 Å². The first-order chi connectivity index (χ1) is 2.41. The van der Waals surface area contributed by atoms with E-state index in [1.54, 1.807) is 0 Å². The van der Waals surface area contributed by atoms with Crippen molar-refractivity contribution >= 4 is 0 Å². The molecule has 0 saturated heterocycles. The molecule has 0 aliphatic heterocycles. The van der Waals surface area contributed by atoms with Gasteiger partial charge < -0.3 is 0 Å². The van der Waals surface area contributed by atoms with Crippen LogP contribution in [0, 0.1) is 0 Å². The average molecular weight is 174 g/mol. The summed E-state index contributed by atoms with van der Waals surface area (Å²) >= 11 is 0. The van der Waals surface area contributed by atoms with Crippen LogP contribution in [0.5, 0.6) is 0 Å². The largest absolute Gasteiger partial charge is 0.269 e. The van der Waals surface area contributed by atoms with Crippen molar-refractivity contribution in [1.29, 1.82) is 0 Å². The molecule has 0 unspecified atom stereocenters. The lowest BCUT2D eigenvalue weighted by atomic mass is 10.6. The van der Waals surface area contributed by atoms with E-state index in [-0.39, 0.29) is 23.5 Å². The summed E-state index contributed by atoms with van der Waals surface area (Å²) in [5, 5.41) is 0. The zero-order valence-electron chi connectivity index (χ0n) is 6.75. The van der Waals surface area contributed by atoms with Gasteiger partial charge in [0.15, 0.2) is 0 Å². The SMILES string of the molecule is CC.CCC.F.F.F.F.F. The fourth-order valence-electron chi connectivity index (χ4n) is 0. The second kappa shape index (κ2) is 1200. The van der Waals surface area contributed by atoms with Crippen LogP contribution in [-0.4, -0.2) is 0 Å². The zero-order valence-corrected chi connectivity index (χ0v) is 6.75. The quantitative estimate of drug-likeness (QED) is 0.495. The van der Waals surface area contributed by atoms with Crippen LogP contribution in [0.25, 0.3) is 0 Å². The van der Waals surface area contributed by atoms with E-state index >= 15 is 0 Å². The maximum Gasteiger partial charge on any atom is -0.0590 e. The summed E-state index contributed by atoms with van der Waals surface area (Å²) in [5.74, 6) is 0. The van der Waals surface area contributed by atoms with Gasteiger partial charge in [-0.05, 0) is 0 Å². The van der Waals surface area contributed by atoms with E-state index in [4.69, 9.17) is 0 Å². The van der Waals surface area contributed by atoms with Crippen molar-refractivity contribution in [2.45, 2.75) is 34.1 Å². The van der Waals surface area contributed by atoms with Crippen LogP contribution >= 0.6 is 0 Å². The minimum absolute atomic E-state index is 0. The van der Waals surface area contributed by atoms with Crippen molar-refractivity contribution < 1.29 is 23.5 Å². The summed E-state index contributed by atoms with van der Waals surface area (Å²) in [4.78, 5) is 0. The molecule has 0 aliphatic rings. The third-order valence-corrected chi connectivity index (χ3v) is 0. The van der Waals surface area contributed by atoms with Crippen LogP contribution < -0.4 is 0 Å². The lowest BCUT2D eigenvalue weighted by molar-refractivity contribution is 1.09. The molecule has 0 nitrogen and oxygen atoms in total. The van der Waals surface area contributed by atoms with Crippen molar-refractivity contribution in [2.24, 2.45) is 0 Å². The van der Waals surface area contributed by atoms with Crippen LogP contribution in [0.1, 0.15) is 34.1 Å². The van der Waals surface area contributed by atoms with E-state index in [2.05, 4.69) is 13.8 Å². The Labute approximate surface area is 58.8 Å². The zero-order chi connectivity index (χ0) is 4.71. The maximum atomic E-state index is 2.12. The summed E-state index contributed by atoms with van der Waals surface area (Å²) < 4.78 is 0. The van der Waals surface area contributed by atoms with E-state index in [0.717, 1.165) is 0 Å². The highest BCUT2D eigenvalue weighted by Crippen LogP contribution is 1.56. The molecule has 0 aliphatic carbocycles. The second-order valence-corrected chi connectivity index (χ2v) is 0.707. The molecule has 0 amide bonds. The fourth-order valence-corrected chi connectivity index (χ4v) is 0. The predicted octanol–water partition coefficient (Wildman–Crippen LogP) is 3.21. The lowest BCUT2D eigenvalue weighted by Crippen LogP contribution is -1.27. The molecule has 0 spiro atoms. The van der Waals surface area contributed by atoms with Crippen LogP contribution in [0.4, 0.5) is 23.5 Å². The average Bonchev–Trinajstić information content (AvgIpc) is 1.46. The second-order valence-electron chi connectivity index (χ2n) is 0.707. The molecule has 0 aromatic rings. The van der Waals surface area contributed by atoms with Crippen molar-refractivity contribution in [3.8, 4) is 0 Å². The molecule has 10 heavy (non-hydrogen) atoms. The number of halogens is 5. The predicted molar refractivity (Wildman–Crippen MR) is 39.8 cm³/mol. The summed E-state index contributed by atoms with van der Waals surface area (Å²) in [6.45, 7) is 8.25. The van der Waals surface area contributed by atoms with Gasteiger partial charge >= 0.3 is 0 Å². The Morgan fingerprint density at radius 1 is 0.600 bits per heavy atom.